The number of hydrogen-bond acceptors (Lipinski definition) is 12. The summed E-state index contributed by atoms with van der Waals surface area (Å²) < 4.78 is 0. The molecule has 2 atom stereocenters. The Balaban J connectivity index is -0.000000720. The summed E-state index contributed by atoms with van der Waals surface area (Å²) in [4.78, 5) is 45.7. The van der Waals surface area contributed by atoms with E-state index in [1.165, 1.54) is 0 Å². The molecule has 1 saturated carbocycles. The van der Waals surface area contributed by atoms with Gasteiger partial charge in [-0.15, -0.1) is 0 Å². The van der Waals surface area contributed by atoms with Gasteiger partial charge in [-0.05, 0) is 12.8 Å². The SMILES string of the molecule is N.N.O=C([O-])CN(CC(=O)[O-])C1CCCCC1N(CC(=O)[O-])CC(=O)[O-].[Pt+2].[Pt+2]. The normalized spacial score (nSPS) is 17.9. The molecule has 0 spiro atoms. The van der Waals surface area contributed by atoms with Crippen molar-refractivity contribution in [2.45, 2.75) is 37.8 Å². The van der Waals surface area contributed by atoms with Gasteiger partial charge in [0, 0.05) is 38.3 Å². The van der Waals surface area contributed by atoms with E-state index in [2.05, 4.69) is 0 Å². The van der Waals surface area contributed by atoms with Crippen LogP contribution in [0.5, 0.6) is 0 Å². The maximum atomic E-state index is 10.9. The molecule has 0 heterocycles. The third kappa shape index (κ3) is 12.5. The van der Waals surface area contributed by atoms with Crippen LogP contribution in [0.15, 0.2) is 0 Å². The number of carboxylic acid groups (broad SMARTS) is 4. The van der Waals surface area contributed by atoms with Crippen molar-refractivity contribution in [3.05, 3.63) is 0 Å². The average molecular weight is 767 g/mol. The van der Waals surface area contributed by atoms with Crippen LogP contribution in [0.3, 0.4) is 0 Å². The van der Waals surface area contributed by atoms with Crippen LogP contribution in [0, 0.1) is 0 Å². The Morgan fingerprint density at radius 1 is 0.607 bits per heavy atom. The monoisotopic (exact) mass is 766 g/mol. The zero-order chi connectivity index (χ0) is 18.3. The quantitative estimate of drug-likeness (QED) is 0.212. The fourth-order valence-electron chi connectivity index (χ4n) is 3.19. The van der Waals surface area contributed by atoms with Gasteiger partial charge < -0.3 is 51.9 Å². The minimum Gasteiger partial charge on any atom is -0.549 e. The van der Waals surface area contributed by atoms with Crippen LogP contribution < -0.4 is 32.7 Å². The molecule has 168 valence electrons. The summed E-state index contributed by atoms with van der Waals surface area (Å²) in [7, 11) is 0. The molecule has 28 heavy (non-hydrogen) atoms. The largest absolute Gasteiger partial charge is 2.00 e. The smallest absolute Gasteiger partial charge is 0.549 e. The molecule has 14 heteroatoms. The minimum absolute atomic E-state index is 0. The van der Waals surface area contributed by atoms with Crippen LogP contribution in [0.1, 0.15) is 25.7 Å². The third-order valence-electron chi connectivity index (χ3n) is 3.96. The molecule has 0 saturated heterocycles. The molecule has 12 nitrogen and oxygen atoms in total. The summed E-state index contributed by atoms with van der Waals surface area (Å²) in [5.41, 5.74) is 0. The summed E-state index contributed by atoms with van der Waals surface area (Å²) in [6, 6.07) is -1.32. The molecule has 2 unspecified atom stereocenters. The van der Waals surface area contributed by atoms with Gasteiger partial charge in [-0.2, -0.15) is 0 Å². The average Bonchev–Trinajstić information content (AvgIpc) is 2.44. The maximum Gasteiger partial charge on any atom is 2.00 e. The van der Waals surface area contributed by atoms with E-state index in [4.69, 9.17) is 0 Å². The van der Waals surface area contributed by atoms with Crippen molar-refractivity contribution in [2.24, 2.45) is 0 Å². The Morgan fingerprint density at radius 3 is 1.00 bits per heavy atom. The number of carboxylic acids is 4. The first kappa shape index (κ1) is 34.6. The molecule has 0 aromatic carbocycles. The molecular weight excluding hydrogens is 742 g/mol. The first-order valence-electron chi connectivity index (χ1n) is 7.48. The van der Waals surface area contributed by atoms with E-state index in [-0.39, 0.29) is 54.4 Å². The van der Waals surface area contributed by atoms with Crippen molar-refractivity contribution in [1.82, 2.24) is 22.1 Å². The number of nitrogens with zero attached hydrogens (tertiary/aromatic N) is 2. The Morgan fingerprint density at radius 2 is 0.821 bits per heavy atom. The maximum absolute atomic E-state index is 10.9. The van der Waals surface area contributed by atoms with Gasteiger partial charge in [0.2, 0.25) is 0 Å². The number of carbonyl (C=O) groups is 4. The van der Waals surface area contributed by atoms with Crippen molar-refractivity contribution in [3.8, 4) is 0 Å². The van der Waals surface area contributed by atoms with E-state index >= 15 is 0 Å². The molecule has 0 bridgehead atoms. The van der Waals surface area contributed by atoms with Gasteiger partial charge in [-0.1, -0.05) is 12.8 Å². The summed E-state index contributed by atoms with van der Waals surface area (Å²) in [5, 5.41) is 43.5. The van der Waals surface area contributed by atoms with E-state index in [1.54, 1.807) is 0 Å². The van der Waals surface area contributed by atoms with E-state index in [1.807, 2.05) is 0 Å². The fraction of sp³-hybridized carbons (Fsp3) is 0.714. The summed E-state index contributed by atoms with van der Waals surface area (Å²) in [5.74, 6) is -5.97. The van der Waals surface area contributed by atoms with Gasteiger partial charge in [-0.25, -0.2) is 0 Å². The summed E-state index contributed by atoms with van der Waals surface area (Å²) >= 11 is 0. The Kier molecular flexibility index (Phi) is 21.0. The van der Waals surface area contributed by atoms with Crippen molar-refractivity contribution in [3.63, 3.8) is 0 Å². The van der Waals surface area contributed by atoms with Crippen LogP contribution in [0.2, 0.25) is 0 Å². The molecule has 1 fully saturated rings. The molecule has 1 aliphatic rings. The van der Waals surface area contributed by atoms with Gasteiger partial charge >= 0.3 is 42.1 Å². The Labute approximate surface area is 191 Å². The van der Waals surface area contributed by atoms with Gasteiger partial charge in [0.1, 0.15) is 0 Å². The Bertz CT molecular complexity index is 436. The number of hydrogen-bond donors (Lipinski definition) is 2. The number of rotatable bonds is 10. The van der Waals surface area contributed by atoms with Crippen LogP contribution in [-0.2, 0) is 61.3 Å². The molecular formula is C14H24N4O8Pt2. The molecule has 0 aliphatic heterocycles. The molecule has 6 N–H and O–H groups in total. The van der Waals surface area contributed by atoms with Gasteiger partial charge in [0.15, 0.2) is 0 Å². The predicted octanol–water partition coefficient (Wildman–Crippen LogP) is -5.78. The van der Waals surface area contributed by atoms with E-state index in [0.717, 1.165) is 9.80 Å². The minimum atomic E-state index is -1.49. The predicted molar refractivity (Wildman–Crippen MR) is 79.3 cm³/mol. The first-order valence-corrected chi connectivity index (χ1v) is 7.48. The second-order valence-corrected chi connectivity index (χ2v) is 5.72. The van der Waals surface area contributed by atoms with E-state index in [9.17, 15) is 39.6 Å². The van der Waals surface area contributed by atoms with E-state index in [0.29, 0.717) is 25.7 Å². The van der Waals surface area contributed by atoms with Crippen molar-refractivity contribution >= 4 is 23.9 Å². The topological polar surface area (TPSA) is 237 Å². The molecule has 0 amide bonds. The van der Waals surface area contributed by atoms with Crippen molar-refractivity contribution in [2.75, 3.05) is 26.2 Å². The fourth-order valence-corrected chi connectivity index (χ4v) is 3.19. The second-order valence-electron chi connectivity index (χ2n) is 5.72. The van der Waals surface area contributed by atoms with E-state index < -0.39 is 62.1 Å². The molecule has 1 aliphatic carbocycles. The van der Waals surface area contributed by atoms with Crippen LogP contribution in [-0.4, -0.2) is 71.9 Å². The van der Waals surface area contributed by atoms with Gasteiger partial charge in [-0.3, -0.25) is 9.80 Å². The Hall–Kier alpha value is -0.903. The number of aliphatic carboxylic acids is 4. The first-order chi connectivity index (χ1) is 11.2. The number of carbonyl (C=O) groups excluding carboxylic acids is 4. The standard InChI is InChI=1S/C14H22N2O8.2H3N.2Pt/c17-11(18)5-15(6-12(19)20)9-3-1-2-4-10(9)16(7-13(21)22)8-14(23)24;;;;/h9-10H,1-8H2,(H,17,18)(H,19,20)(H,21,22)(H,23,24);2*1H3;;/q;;;2*+2/p-4. The molecule has 0 aromatic heterocycles. The van der Waals surface area contributed by atoms with Gasteiger partial charge in [0.05, 0.1) is 23.9 Å². The molecule has 1 rings (SSSR count). The molecule has 0 aromatic rings. The molecule has 0 radical (unpaired) electrons. The summed E-state index contributed by atoms with van der Waals surface area (Å²) in [6.45, 7) is -2.72. The van der Waals surface area contributed by atoms with Crippen LogP contribution in [0.25, 0.3) is 0 Å². The zero-order valence-electron chi connectivity index (χ0n) is 15.0. The van der Waals surface area contributed by atoms with Crippen molar-refractivity contribution in [1.29, 1.82) is 0 Å². The third-order valence-corrected chi connectivity index (χ3v) is 3.96. The van der Waals surface area contributed by atoms with Crippen molar-refractivity contribution < 1.29 is 81.7 Å². The summed E-state index contributed by atoms with van der Waals surface area (Å²) in [6.07, 6.45) is 2.12. The van der Waals surface area contributed by atoms with Crippen LogP contribution in [0.4, 0.5) is 0 Å². The zero-order valence-corrected chi connectivity index (χ0v) is 19.6. The van der Waals surface area contributed by atoms with Gasteiger partial charge in [0.25, 0.3) is 0 Å². The second kappa shape index (κ2) is 17.0. The van der Waals surface area contributed by atoms with Crippen LogP contribution >= 0.6 is 0 Å².